The number of nitrogens with zero attached hydrogens (tertiary/aromatic N) is 2. The van der Waals surface area contributed by atoms with Crippen molar-refractivity contribution in [1.29, 1.82) is 0 Å². The average Bonchev–Trinajstić information content (AvgIpc) is 3.15. The third-order valence-corrected chi connectivity index (χ3v) is 5.93. The molecular weight excluding hydrogens is 425 g/mol. The van der Waals surface area contributed by atoms with Gasteiger partial charge in [0.1, 0.15) is 0 Å². The fraction of sp³-hybridized carbons (Fsp3) is 0.0909. The minimum absolute atomic E-state index is 0.160. The Kier molecular flexibility index (Phi) is 5.54. The van der Waals surface area contributed by atoms with Gasteiger partial charge in [-0.05, 0) is 85.8 Å². The highest BCUT2D eigenvalue weighted by molar-refractivity contribution is 8.18. The van der Waals surface area contributed by atoms with Crippen LogP contribution in [0.3, 0.4) is 0 Å². The highest BCUT2D eigenvalue weighted by Gasteiger charge is 2.24. The van der Waals surface area contributed by atoms with Gasteiger partial charge in [0.15, 0.2) is 5.17 Å². The number of hydrogen-bond acceptors (Lipinski definition) is 3. The van der Waals surface area contributed by atoms with Crippen molar-refractivity contribution < 1.29 is 4.79 Å². The van der Waals surface area contributed by atoms with Crippen LogP contribution in [0.5, 0.6) is 0 Å². The standard InChI is InChI=1S/C22H17Cl2N3OS/c1-13-10-15(14(2)27(13)19-8-6-16(23)7-9-19)11-20-21(28)26-22(29-20)25-18-5-3-4-17(24)12-18/h3-12H,1-2H3,(H,25,26,28)/b20-11-. The second kappa shape index (κ2) is 8.11. The van der Waals surface area contributed by atoms with Crippen molar-refractivity contribution in [3.63, 3.8) is 0 Å². The molecule has 7 heteroatoms. The molecule has 1 aliphatic rings. The zero-order chi connectivity index (χ0) is 20.5. The molecule has 4 rings (SSSR count). The number of aryl methyl sites for hydroxylation is 1. The van der Waals surface area contributed by atoms with E-state index >= 15 is 0 Å². The lowest BCUT2D eigenvalue weighted by molar-refractivity contribution is -0.115. The van der Waals surface area contributed by atoms with Crippen LogP contribution in [0.1, 0.15) is 17.0 Å². The summed E-state index contributed by atoms with van der Waals surface area (Å²) >= 11 is 13.3. The summed E-state index contributed by atoms with van der Waals surface area (Å²) in [5, 5.41) is 4.65. The summed E-state index contributed by atoms with van der Waals surface area (Å²) in [5.41, 5.74) is 4.83. The molecule has 0 atom stereocenters. The summed E-state index contributed by atoms with van der Waals surface area (Å²) in [6.07, 6.45) is 1.90. The van der Waals surface area contributed by atoms with Gasteiger partial charge in [0.05, 0.1) is 10.6 Å². The minimum Gasteiger partial charge on any atom is -0.318 e. The number of aliphatic imine (C=N–C) groups is 1. The number of benzene rings is 2. The first-order valence-electron chi connectivity index (χ1n) is 8.91. The summed E-state index contributed by atoms with van der Waals surface area (Å²) in [4.78, 5) is 17.5. The van der Waals surface area contributed by atoms with E-state index in [9.17, 15) is 4.79 Å². The van der Waals surface area contributed by atoms with Crippen molar-refractivity contribution in [3.05, 3.63) is 86.5 Å². The van der Waals surface area contributed by atoms with Crippen molar-refractivity contribution in [2.24, 2.45) is 4.99 Å². The maximum atomic E-state index is 12.4. The maximum absolute atomic E-state index is 12.4. The van der Waals surface area contributed by atoms with E-state index in [0.717, 1.165) is 22.6 Å². The van der Waals surface area contributed by atoms with Gasteiger partial charge in [-0.3, -0.25) is 4.79 Å². The van der Waals surface area contributed by atoms with Gasteiger partial charge >= 0.3 is 0 Å². The molecule has 0 unspecified atom stereocenters. The zero-order valence-electron chi connectivity index (χ0n) is 15.7. The van der Waals surface area contributed by atoms with Crippen molar-refractivity contribution in [1.82, 2.24) is 9.88 Å². The highest BCUT2D eigenvalue weighted by atomic mass is 35.5. The van der Waals surface area contributed by atoms with E-state index in [1.165, 1.54) is 11.8 Å². The molecule has 0 saturated carbocycles. The van der Waals surface area contributed by atoms with Crippen LogP contribution in [0.4, 0.5) is 5.69 Å². The normalized spacial score (nSPS) is 16.6. The number of rotatable bonds is 3. The van der Waals surface area contributed by atoms with E-state index < -0.39 is 0 Å². The van der Waals surface area contributed by atoms with Gasteiger partial charge in [-0.1, -0.05) is 29.3 Å². The minimum atomic E-state index is -0.160. The van der Waals surface area contributed by atoms with Crippen LogP contribution in [0, 0.1) is 13.8 Å². The highest BCUT2D eigenvalue weighted by Crippen LogP contribution is 2.31. The Morgan fingerprint density at radius 1 is 1.03 bits per heavy atom. The number of carbonyl (C=O) groups is 1. The lowest BCUT2D eigenvalue weighted by Gasteiger charge is -2.09. The Morgan fingerprint density at radius 2 is 1.79 bits per heavy atom. The van der Waals surface area contributed by atoms with Crippen LogP contribution < -0.4 is 5.32 Å². The average molecular weight is 442 g/mol. The Balaban J connectivity index is 1.64. The van der Waals surface area contributed by atoms with Gasteiger partial charge in [-0.15, -0.1) is 0 Å². The van der Waals surface area contributed by atoms with E-state index in [0.29, 0.717) is 25.8 Å². The number of hydrogen-bond donors (Lipinski definition) is 1. The second-order valence-corrected chi connectivity index (χ2v) is 8.50. The molecule has 1 saturated heterocycles. The van der Waals surface area contributed by atoms with E-state index in [2.05, 4.69) is 20.9 Å². The van der Waals surface area contributed by atoms with Crippen molar-refractivity contribution in [2.45, 2.75) is 13.8 Å². The molecule has 2 aromatic carbocycles. The predicted molar refractivity (Wildman–Crippen MR) is 123 cm³/mol. The van der Waals surface area contributed by atoms with E-state index in [4.69, 9.17) is 23.2 Å². The summed E-state index contributed by atoms with van der Waals surface area (Å²) < 4.78 is 2.14. The molecular formula is C22H17Cl2N3OS. The lowest BCUT2D eigenvalue weighted by Crippen LogP contribution is -2.19. The molecule has 0 spiro atoms. The number of halogens is 2. The SMILES string of the molecule is Cc1cc(/C=C2\SC(=Nc3cccc(Cl)c3)NC2=O)c(C)n1-c1ccc(Cl)cc1. The molecule has 4 nitrogen and oxygen atoms in total. The summed E-state index contributed by atoms with van der Waals surface area (Å²) in [7, 11) is 0. The molecule has 1 aliphatic heterocycles. The molecule has 1 N–H and O–H groups in total. The van der Waals surface area contributed by atoms with Crippen LogP contribution in [0.2, 0.25) is 10.0 Å². The molecule has 2 heterocycles. The number of thioether (sulfide) groups is 1. The van der Waals surface area contributed by atoms with Gasteiger partial charge in [-0.25, -0.2) is 4.99 Å². The van der Waals surface area contributed by atoms with Crippen LogP contribution in [-0.4, -0.2) is 15.6 Å². The van der Waals surface area contributed by atoms with E-state index in [-0.39, 0.29) is 5.91 Å². The van der Waals surface area contributed by atoms with Crippen molar-refractivity contribution >= 4 is 57.8 Å². The number of nitrogens with one attached hydrogen (secondary N) is 1. The first-order chi connectivity index (χ1) is 13.9. The van der Waals surface area contributed by atoms with Gasteiger partial charge in [-0.2, -0.15) is 0 Å². The fourth-order valence-electron chi connectivity index (χ4n) is 3.21. The first kappa shape index (κ1) is 19.8. The van der Waals surface area contributed by atoms with Crippen LogP contribution in [0.25, 0.3) is 11.8 Å². The largest absolute Gasteiger partial charge is 0.318 e. The molecule has 3 aromatic rings. The van der Waals surface area contributed by atoms with Gasteiger partial charge in [0.2, 0.25) is 0 Å². The van der Waals surface area contributed by atoms with Gasteiger partial charge < -0.3 is 9.88 Å². The number of carbonyl (C=O) groups excluding carboxylic acids is 1. The number of aromatic nitrogens is 1. The third-order valence-electron chi connectivity index (χ3n) is 4.53. The van der Waals surface area contributed by atoms with Crippen molar-refractivity contribution in [2.75, 3.05) is 0 Å². The molecule has 1 amide bonds. The van der Waals surface area contributed by atoms with Gasteiger partial charge in [0.25, 0.3) is 5.91 Å². The smallest absolute Gasteiger partial charge is 0.264 e. The molecule has 146 valence electrons. The Morgan fingerprint density at radius 3 is 2.52 bits per heavy atom. The van der Waals surface area contributed by atoms with E-state index in [1.54, 1.807) is 12.1 Å². The van der Waals surface area contributed by atoms with Crippen LogP contribution in [-0.2, 0) is 4.79 Å². The molecule has 1 fully saturated rings. The van der Waals surface area contributed by atoms with E-state index in [1.807, 2.05) is 56.3 Å². The topological polar surface area (TPSA) is 46.4 Å². The number of amides is 1. The van der Waals surface area contributed by atoms with Crippen LogP contribution in [0.15, 0.2) is 64.5 Å². The molecule has 0 radical (unpaired) electrons. The summed E-state index contributed by atoms with van der Waals surface area (Å²) in [6.45, 7) is 4.07. The molecule has 0 bridgehead atoms. The zero-order valence-corrected chi connectivity index (χ0v) is 18.1. The van der Waals surface area contributed by atoms with Gasteiger partial charge in [0, 0.05) is 27.1 Å². The predicted octanol–water partition coefficient (Wildman–Crippen LogP) is 6.29. The Hall–Kier alpha value is -2.47. The molecule has 29 heavy (non-hydrogen) atoms. The maximum Gasteiger partial charge on any atom is 0.264 e. The van der Waals surface area contributed by atoms with Crippen LogP contribution >= 0.6 is 35.0 Å². The Labute approximate surface area is 183 Å². The fourth-order valence-corrected chi connectivity index (χ4v) is 4.35. The molecule has 1 aromatic heterocycles. The summed E-state index contributed by atoms with van der Waals surface area (Å²) in [6, 6.07) is 17.0. The monoisotopic (exact) mass is 441 g/mol. The lowest BCUT2D eigenvalue weighted by atomic mass is 10.2. The second-order valence-electron chi connectivity index (χ2n) is 6.60. The van der Waals surface area contributed by atoms with Crippen molar-refractivity contribution in [3.8, 4) is 5.69 Å². The quantitative estimate of drug-likeness (QED) is 0.485. The Bertz CT molecular complexity index is 1160. The first-order valence-corrected chi connectivity index (χ1v) is 10.5. The number of amidine groups is 1. The third kappa shape index (κ3) is 4.27. The molecule has 0 aliphatic carbocycles. The summed E-state index contributed by atoms with van der Waals surface area (Å²) in [5.74, 6) is -0.160.